The zero-order chi connectivity index (χ0) is 22.6. The monoisotopic (exact) mass is 436 g/mol. The minimum absolute atomic E-state index is 0.148. The third-order valence-corrected chi connectivity index (χ3v) is 6.98. The molecule has 0 aliphatic rings. The van der Waals surface area contributed by atoms with E-state index >= 15 is 0 Å². The average Bonchev–Trinajstić information content (AvgIpc) is 2.75. The molecule has 3 aromatic carbocycles. The lowest BCUT2D eigenvalue weighted by atomic mass is 10.1. The molecule has 0 aliphatic carbocycles. The maximum Gasteiger partial charge on any atom is 0.264 e. The Bertz CT molecular complexity index is 1160. The van der Waals surface area contributed by atoms with Gasteiger partial charge in [-0.3, -0.25) is 9.10 Å². The zero-order valence-electron chi connectivity index (χ0n) is 18.3. The van der Waals surface area contributed by atoms with E-state index in [9.17, 15) is 13.2 Å². The van der Waals surface area contributed by atoms with Crippen molar-refractivity contribution in [2.45, 2.75) is 38.6 Å². The van der Waals surface area contributed by atoms with Crippen LogP contribution in [0.15, 0.2) is 77.7 Å². The largest absolute Gasteiger partial charge is 0.348 e. The Balaban J connectivity index is 1.92. The number of sulfonamides is 1. The van der Waals surface area contributed by atoms with Gasteiger partial charge in [0.1, 0.15) is 6.54 Å². The van der Waals surface area contributed by atoms with Gasteiger partial charge >= 0.3 is 0 Å². The number of benzene rings is 3. The fourth-order valence-electron chi connectivity index (χ4n) is 3.36. The van der Waals surface area contributed by atoms with Gasteiger partial charge in [-0.25, -0.2) is 8.42 Å². The molecule has 1 N–H and O–H groups in total. The Kier molecular flexibility index (Phi) is 6.81. The molecule has 3 aromatic rings. The minimum Gasteiger partial charge on any atom is -0.348 e. The Morgan fingerprint density at radius 3 is 2.16 bits per heavy atom. The van der Waals surface area contributed by atoms with E-state index < -0.39 is 10.0 Å². The molecular weight excluding hydrogens is 408 g/mol. The summed E-state index contributed by atoms with van der Waals surface area (Å²) in [5.41, 5.74) is 4.30. The smallest absolute Gasteiger partial charge is 0.264 e. The maximum atomic E-state index is 13.5. The van der Waals surface area contributed by atoms with Gasteiger partial charge in [0, 0.05) is 0 Å². The fraction of sp³-hybridized carbons (Fsp3) is 0.240. The van der Waals surface area contributed by atoms with Crippen LogP contribution in [0.25, 0.3) is 0 Å². The molecular formula is C25H28N2O3S. The molecule has 0 fully saturated rings. The van der Waals surface area contributed by atoms with Crippen LogP contribution in [0.5, 0.6) is 0 Å². The highest BCUT2D eigenvalue weighted by Gasteiger charge is 2.28. The number of rotatable bonds is 7. The quantitative estimate of drug-likeness (QED) is 0.585. The molecule has 0 radical (unpaired) electrons. The summed E-state index contributed by atoms with van der Waals surface area (Å²) in [6.45, 7) is 7.32. The molecule has 0 spiro atoms. The Morgan fingerprint density at radius 2 is 1.52 bits per heavy atom. The molecule has 0 saturated heterocycles. The van der Waals surface area contributed by atoms with Crippen LogP contribution in [-0.4, -0.2) is 20.9 Å². The summed E-state index contributed by atoms with van der Waals surface area (Å²) >= 11 is 0. The number of hydrogen-bond donors (Lipinski definition) is 1. The number of hydrogen-bond acceptors (Lipinski definition) is 3. The minimum atomic E-state index is -3.92. The molecule has 0 heterocycles. The van der Waals surface area contributed by atoms with Crippen molar-refractivity contribution in [2.75, 3.05) is 10.8 Å². The molecule has 1 atom stereocenters. The van der Waals surface area contributed by atoms with Gasteiger partial charge in [0.25, 0.3) is 10.0 Å². The van der Waals surface area contributed by atoms with Gasteiger partial charge in [-0.05, 0) is 62.6 Å². The topological polar surface area (TPSA) is 66.5 Å². The molecule has 6 heteroatoms. The highest BCUT2D eigenvalue weighted by molar-refractivity contribution is 7.92. The zero-order valence-corrected chi connectivity index (χ0v) is 19.1. The van der Waals surface area contributed by atoms with Gasteiger partial charge in [-0.2, -0.15) is 0 Å². The molecule has 162 valence electrons. The van der Waals surface area contributed by atoms with Crippen LogP contribution in [-0.2, 0) is 14.8 Å². The van der Waals surface area contributed by atoms with Gasteiger partial charge in [0.05, 0.1) is 16.6 Å². The van der Waals surface area contributed by atoms with E-state index in [1.807, 2.05) is 64.1 Å². The first kappa shape index (κ1) is 22.6. The van der Waals surface area contributed by atoms with E-state index in [-0.39, 0.29) is 23.4 Å². The molecule has 0 saturated carbocycles. The van der Waals surface area contributed by atoms with Crippen LogP contribution < -0.4 is 9.62 Å². The van der Waals surface area contributed by atoms with Gasteiger partial charge in [0.2, 0.25) is 5.91 Å². The fourth-order valence-corrected chi connectivity index (χ4v) is 4.86. The molecule has 1 amide bonds. The van der Waals surface area contributed by atoms with Crippen molar-refractivity contribution in [1.29, 1.82) is 0 Å². The van der Waals surface area contributed by atoms with Crippen molar-refractivity contribution in [2.24, 2.45) is 0 Å². The summed E-state index contributed by atoms with van der Waals surface area (Å²) in [5, 5.41) is 2.93. The SMILES string of the molecule is Cc1ccc(C(C)NC(=O)CN(c2cc(C)ccc2C)S(=O)(=O)c2ccccc2)cc1. The first-order valence-corrected chi connectivity index (χ1v) is 11.6. The highest BCUT2D eigenvalue weighted by Crippen LogP contribution is 2.28. The molecule has 0 aromatic heterocycles. The third kappa shape index (κ3) is 5.33. The van der Waals surface area contributed by atoms with Crippen molar-refractivity contribution < 1.29 is 13.2 Å². The molecule has 31 heavy (non-hydrogen) atoms. The van der Waals surface area contributed by atoms with Crippen LogP contribution in [0.3, 0.4) is 0 Å². The number of carbonyl (C=O) groups excluding carboxylic acids is 1. The first-order valence-electron chi connectivity index (χ1n) is 10.2. The Labute approximate surface area is 184 Å². The lowest BCUT2D eigenvalue weighted by Crippen LogP contribution is -2.42. The van der Waals surface area contributed by atoms with Crippen molar-refractivity contribution in [3.63, 3.8) is 0 Å². The van der Waals surface area contributed by atoms with E-state index in [0.29, 0.717) is 5.69 Å². The summed E-state index contributed by atoms with van der Waals surface area (Å²) in [7, 11) is -3.92. The second kappa shape index (κ2) is 9.35. The van der Waals surface area contributed by atoms with Crippen LogP contribution in [0.4, 0.5) is 5.69 Å². The molecule has 0 bridgehead atoms. The van der Waals surface area contributed by atoms with Crippen molar-refractivity contribution in [3.05, 3.63) is 95.1 Å². The third-order valence-electron chi connectivity index (χ3n) is 5.21. The second-order valence-corrected chi connectivity index (χ2v) is 9.68. The predicted molar refractivity (Wildman–Crippen MR) is 125 cm³/mol. The van der Waals surface area contributed by atoms with Gasteiger partial charge in [-0.1, -0.05) is 60.2 Å². The van der Waals surface area contributed by atoms with E-state index in [2.05, 4.69) is 5.32 Å². The summed E-state index contributed by atoms with van der Waals surface area (Å²) in [4.78, 5) is 13.1. The molecule has 1 unspecified atom stereocenters. The first-order chi connectivity index (χ1) is 14.7. The lowest BCUT2D eigenvalue weighted by molar-refractivity contribution is -0.120. The van der Waals surface area contributed by atoms with Crippen molar-refractivity contribution in [1.82, 2.24) is 5.32 Å². The van der Waals surface area contributed by atoms with E-state index in [1.54, 1.807) is 36.4 Å². The van der Waals surface area contributed by atoms with Crippen LogP contribution in [0, 0.1) is 20.8 Å². The number of carbonyl (C=O) groups is 1. The maximum absolute atomic E-state index is 13.5. The number of nitrogens with one attached hydrogen (secondary N) is 1. The molecule has 0 aliphatic heterocycles. The van der Waals surface area contributed by atoms with Crippen LogP contribution in [0.1, 0.15) is 35.2 Å². The van der Waals surface area contributed by atoms with Crippen molar-refractivity contribution in [3.8, 4) is 0 Å². The highest BCUT2D eigenvalue weighted by atomic mass is 32.2. The van der Waals surface area contributed by atoms with E-state index in [4.69, 9.17) is 0 Å². The second-order valence-electron chi connectivity index (χ2n) is 7.81. The number of aryl methyl sites for hydroxylation is 3. The van der Waals surface area contributed by atoms with Gasteiger partial charge < -0.3 is 5.32 Å². The molecule has 3 rings (SSSR count). The van der Waals surface area contributed by atoms with Gasteiger partial charge in [0.15, 0.2) is 0 Å². The normalized spacial score (nSPS) is 12.3. The van der Waals surface area contributed by atoms with Crippen LogP contribution in [0.2, 0.25) is 0 Å². The average molecular weight is 437 g/mol. The van der Waals surface area contributed by atoms with E-state index in [0.717, 1.165) is 22.3 Å². The summed E-state index contributed by atoms with van der Waals surface area (Å²) in [6.07, 6.45) is 0. The lowest BCUT2D eigenvalue weighted by Gasteiger charge is -2.27. The van der Waals surface area contributed by atoms with Gasteiger partial charge in [-0.15, -0.1) is 0 Å². The standard InChI is InChI=1S/C25H28N2O3S/c1-18-11-14-22(15-12-18)21(4)26-25(28)17-27(24-16-19(2)10-13-20(24)3)31(29,30)23-8-6-5-7-9-23/h5-16,21H,17H2,1-4H3,(H,26,28). The number of nitrogens with zero attached hydrogens (tertiary/aromatic N) is 1. The van der Waals surface area contributed by atoms with E-state index in [1.165, 1.54) is 4.31 Å². The summed E-state index contributed by atoms with van der Waals surface area (Å²) in [6, 6.07) is 21.4. The Hall–Kier alpha value is -3.12. The summed E-state index contributed by atoms with van der Waals surface area (Å²) in [5.74, 6) is -0.367. The molecule has 5 nitrogen and oxygen atoms in total. The summed E-state index contributed by atoms with van der Waals surface area (Å²) < 4.78 is 28.1. The number of amides is 1. The number of anilines is 1. The van der Waals surface area contributed by atoms with Crippen molar-refractivity contribution >= 4 is 21.6 Å². The Morgan fingerprint density at radius 1 is 0.903 bits per heavy atom. The predicted octanol–water partition coefficient (Wildman–Crippen LogP) is 4.68. The van der Waals surface area contributed by atoms with Crippen LogP contribution >= 0.6 is 0 Å².